The van der Waals surface area contributed by atoms with Crippen molar-refractivity contribution in [1.29, 1.82) is 0 Å². The molecule has 0 aromatic carbocycles. The largest absolute Gasteiger partial charge is 0.370 e. The van der Waals surface area contributed by atoms with E-state index in [4.69, 9.17) is 0 Å². The van der Waals surface area contributed by atoms with Crippen molar-refractivity contribution in [2.24, 2.45) is 0 Å². The number of hydrogen-bond donors (Lipinski definition) is 1. The topological polar surface area (TPSA) is 41.1 Å². The third-order valence-electron chi connectivity index (χ3n) is 3.22. The minimum Gasteiger partial charge on any atom is -0.370 e. The van der Waals surface area contributed by atoms with Crippen LogP contribution >= 0.6 is 0 Å². The number of nitrogens with zero attached hydrogens (tertiary/aromatic N) is 3. The van der Waals surface area contributed by atoms with Crippen LogP contribution in [0, 0.1) is 6.92 Å². The lowest BCUT2D eigenvalue weighted by Crippen LogP contribution is -2.32. The molecule has 0 saturated heterocycles. The normalized spacial score (nSPS) is 12.8. The van der Waals surface area contributed by atoms with Crippen LogP contribution in [0.5, 0.6) is 0 Å². The van der Waals surface area contributed by atoms with Gasteiger partial charge in [0, 0.05) is 24.3 Å². The van der Waals surface area contributed by atoms with Crippen LogP contribution in [-0.4, -0.2) is 34.0 Å². The van der Waals surface area contributed by atoms with Gasteiger partial charge in [0.1, 0.15) is 11.6 Å². The molecule has 4 nitrogen and oxygen atoms in total. The number of aromatic nitrogens is 2. The smallest absolute Gasteiger partial charge is 0.144 e. The second kappa shape index (κ2) is 7.31. The molecule has 1 aromatic heterocycles. The molecule has 1 aromatic rings. The second-order valence-corrected chi connectivity index (χ2v) is 4.66. The molecule has 0 aliphatic carbocycles. The van der Waals surface area contributed by atoms with E-state index >= 15 is 0 Å². The maximum atomic E-state index is 4.56. The zero-order valence-corrected chi connectivity index (χ0v) is 12.3. The van der Waals surface area contributed by atoms with Gasteiger partial charge < -0.3 is 5.32 Å². The quantitative estimate of drug-likeness (QED) is 0.808. The molecule has 1 rings (SSSR count). The van der Waals surface area contributed by atoms with Gasteiger partial charge >= 0.3 is 0 Å². The van der Waals surface area contributed by atoms with E-state index in [1.54, 1.807) is 0 Å². The first-order valence-corrected chi connectivity index (χ1v) is 6.93. The summed E-state index contributed by atoms with van der Waals surface area (Å²) in [5.41, 5.74) is 1.02. The molecular weight excluding hydrogens is 224 g/mol. The zero-order chi connectivity index (χ0) is 13.5. The third-order valence-corrected chi connectivity index (χ3v) is 3.22. The van der Waals surface area contributed by atoms with Gasteiger partial charge in [-0.05, 0) is 33.7 Å². The Morgan fingerprint density at radius 1 is 1.28 bits per heavy atom. The van der Waals surface area contributed by atoms with Crippen LogP contribution in [0.15, 0.2) is 6.07 Å². The molecule has 0 aliphatic heterocycles. The average Bonchev–Trinajstić information content (AvgIpc) is 2.34. The maximum Gasteiger partial charge on any atom is 0.144 e. The molecule has 18 heavy (non-hydrogen) atoms. The predicted molar refractivity (Wildman–Crippen MR) is 76.8 cm³/mol. The molecule has 0 bridgehead atoms. The Morgan fingerprint density at radius 3 is 2.56 bits per heavy atom. The van der Waals surface area contributed by atoms with Crippen molar-refractivity contribution in [3.8, 4) is 0 Å². The predicted octanol–water partition coefficient (Wildman–Crippen LogP) is 2.84. The van der Waals surface area contributed by atoms with Crippen molar-refractivity contribution in [1.82, 2.24) is 14.9 Å². The third kappa shape index (κ3) is 4.26. The van der Waals surface area contributed by atoms with E-state index in [1.807, 2.05) is 13.0 Å². The highest BCUT2D eigenvalue weighted by molar-refractivity contribution is 5.35. The van der Waals surface area contributed by atoms with Gasteiger partial charge in [0.25, 0.3) is 0 Å². The molecule has 0 fully saturated rings. The molecule has 102 valence electrons. The maximum absolute atomic E-state index is 4.56. The fourth-order valence-electron chi connectivity index (χ4n) is 1.99. The Labute approximate surface area is 111 Å². The van der Waals surface area contributed by atoms with Crippen LogP contribution in [0.4, 0.5) is 5.82 Å². The van der Waals surface area contributed by atoms with Crippen molar-refractivity contribution in [3.63, 3.8) is 0 Å². The summed E-state index contributed by atoms with van der Waals surface area (Å²) < 4.78 is 0. The molecule has 0 amide bonds. The number of anilines is 1. The van der Waals surface area contributed by atoms with Gasteiger partial charge in [0.2, 0.25) is 0 Å². The molecule has 4 heteroatoms. The lowest BCUT2D eigenvalue weighted by Gasteiger charge is -2.26. The van der Waals surface area contributed by atoms with Gasteiger partial charge in [-0.25, -0.2) is 9.97 Å². The van der Waals surface area contributed by atoms with Crippen molar-refractivity contribution in [2.45, 2.75) is 53.6 Å². The summed E-state index contributed by atoms with van der Waals surface area (Å²) in [6, 6.07) is 2.56. The summed E-state index contributed by atoms with van der Waals surface area (Å²) in [7, 11) is 0. The minimum atomic E-state index is 0.571. The summed E-state index contributed by atoms with van der Waals surface area (Å²) in [5.74, 6) is 1.84. The van der Waals surface area contributed by atoms with Gasteiger partial charge in [0.05, 0.1) is 6.54 Å². The minimum absolute atomic E-state index is 0.571. The number of hydrogen-bond acceptors (Lipinski definition) is 4. The van der Waals surface area contributed by atoms with Crippen LogP contribution in [-0.2, 0) is 6.54 Å². The van der Waals surface area contributed by atoms with Gasteiger partial charge in [-0.1, -0.05) is 13.8 Å². The van der Waals surface area contributed by atoms with E-state index in [1.165, 1.54) is 0 Å². The van der Waals surface area contributed by atoms with Crippen LogP contribution in [0.3, 0.4) is 0 Å². The number of aryl methyl sites for hydroxylation is 1. The van der Waals surface area contributed by atoms with E-state index in [9.17, 15) is 0 Å². The summed E-state index contributed by atoms with van der Waals surface area (Å²) in [5, 5.41) is 3.25. The molecule has 1 N–H and O–H groups in total. The second-order valence-electron chi connectivity index (χ2n) is 4.66. The first-order valence-electron chi connectivity index (χ1n) is 6.93. The highest BCUT2D eigenvalue weighted by Crippen LogP contribution is 2.11. The fourth-order valence-corrected chi connectivity index (χ4v) is 1.99. The van der Waals surface area contributed by atoms with E-state index < -0.39 is 0 Å². The Morgan fingerprint density at radius 2 is 2.00 bits per heavy atom. The summed E-state index contributed by atoms with van der Waals surface area (Å²) in [6.45, 7) is 13.5. The molecule has 1 heterocycles. The first kappa shape index (κ1) is 14.9. The van der Waals surface area contributed by atoms with Crippen LogP contribution in [0.25, 0.3) is 0 Å². The van der Waals surface area contributed by atoms with Gasteiger partial charge in [0.15, 0.2) is 0 Å². The van der Waals surface area contributed by atoms with Crippen LogP contribution in [0.1, 0.15) is 45.6 Å². The van der Waals surface area contributed by atoms with Gasteiger partial charge in [-0.2, -0.15) is 0 Å². The SMILES string of the molecule is CCNc1cc(C)nc(CN(CC)C(C)CC)n1. The molecule has 0 spiro atoms. The molecule has 0 saturated carbocycles. The monoisotopic (exact) mass is 250 g/mol. The zero-order valence-electron chi connectivity index (χ0n) is 12.3. The first-order chi connectivity index (χ1) is 8.60. The molecule has 1 unspecified atom stereocenters. The highest BCUT2D eigenvalue weighted by Gasteiger charge is 2.12. The number of nitrogens with one attached hydrogen (secondary N) is 1. The summed E-state index contributed by atoms with van der Waals surface area (Å²) in [6.07, 6.45) is 1.15. The highest BCUT2D eigenvalue weighted by atomic mass is 15.2. The molecule has 0 radical (unpaired) electrons. The standard InChI is InChI=1S/C14H26N4/c1-6-12(5)18(8-3)10-14-16-11(4)9-13(17-14)15-7-2/h9,12H,6-8,10H2,1-5H3,(H,15,16,17). The fraction of sp³-hybridized carbons (Fsp3) is 0.714. The lowest BCUT2D eigenvalue weighted by atomic mass is 10.2. The summed E-state index contributed by atoms with van der Waals surface area (Å²) in [4.78, 5) is 11.5. The van der Waals surface area contributed by atoms with Crippen molar-refractivity contribution < 1.29 is 0 Å². The van der Waals surface area contributed by atoms with Gasteiger partial charge in [-0.3, -0.25) is 4.90 Å². The average molecular weight is 250 g/mol. The molecule has 1 atom stereocenters. The molecule has 0 aliphatic rings. The molecular formula is C14H26N4. The lowest BCUT2D eigenvalue weighted by molar-refractivity contribution is 0.201. The van der Waals surface area contributed by atoms with Crippen molar-refractivity contribution >= 4 is 5.82 Å². The van der Waals surface area contributed by atoms with Crippen LogP contribution in [0.2, 0.25) is 0 Å². The van der Waals surface area contributed by atoms with Gasteiger partial charge in [-0.15, -0.1) is 0 Å². The van der Waals surface area contributed by atoms with E-state index in [2.05, 4.69) is 47.9 Å². The Kier molecular flexibility index (Phi) is 6.05. The van der Waals surface area contributed by atoms with E-state index in [0.29, 0.717) is 6.04 Å². The van der Waals surface area contributed by atoms with Crippen molar-refractivity contribution in [3.05, 3.63) is 17.6 Å². The van der Waals surface area contributed by atoms with E-state index in [-0.39, 0.29) is 0 Å². The van der Waals surface area contributed by atoms with Crippen molar-refractivity contribution in [2.75, 3.05) is 18.4 Å². The summed E-state index contributed by atoms with van der Waals surface area (Å²) >= 11 is 0. The Hall–Kier alpha value is -1.16. The Bertz CT molecular complexity index is 365. The van der Waals surface area contributed by atoms with E-state index in [0.717, 1.165) is 43.4 Å². The van der Waals surface area contributed by atoms with Crippen LogP contribution < -0.4 is 5.32 Å². The number of rotatable bonds is 7. The Balaban J connectivity index is 2.81.